The molecule has 2 rings (SSSR count). The fraction of sp³-hybridized carbons (Fsp3) is 1.00. The zero-order valence-corrected chi connectivity index (χ0v) is 12.7. The van der Waals surface area contributed by atoms with Crippen LogP contribution < -0.4 is 5.32 Å². The summed E-state index contributed by atoms with van der Waals surface area (Å²) in [5.74, 6) is 1.65. The molecule has 0 aromatic rings. The van der Waals surface area contributed by atoms with Gasteiger partial charge in [0.2, 0.25) is 0 Å². The van der Waals surface area contributed by atoms with Gasteiger partial charge in [0.05, 0.1) is 0 Å². The lowest BCUT2D eigenvalue weighted by atomic mass is 9.92. The minimum atomic E-state index is -0.621. The second-order valence-corrected chi connectivity index (χ2v) is 7.70. The Bertz CT molecular complexity index is 290. The first kappa shape index (κ1) is 14.5. The van der Waals surface area contributed by atoms with Crippen LogP contribution in [0.2, 0.25) is 0 Å². The van der Waals surface area contributed by atoms with Gasteiger partial charge >= 0.3 is 0 Å². The number of hydrogen-bond donors (Lipinski definition) is 1. The van der Waals surface area contributed by atoms with E-state index in [4.69, 9.17) is 0 Å². The molecule has 0 bridgehead atoms. The third kappa shape index (κ3) is 3.34. The topological polar surface area (TPSA) is 32.3 Å². The van der Waals surface area contributed by atoms with Crippen molar-refractivity contribution in [3.63, 3.8) is 0 Å². The van der Waals surface area contributed by atoms with Crippen molar-refractivity contribution >= 4 is 10.8 Å². The molecule has 1 spiro atoms. The van der Waals surface area contributed by atoms with Gasteiger partial charge in [0, 0.05) is 53.5 Å². The lowest BCUT2D eigenvalue weighted by Crippen LogP contribution is -2.63. The molecular weight excluding hydrogens is 244 g/mol. The summed E-state index contributed by atoms with van der Waals surface area (Å²) in [6.07, 6.45) is 6.60. The lowest BCUT2D eigenvalue weighted by Gasteiger charge is -2.46. The highest BCUT2D eigenvalue weighted by molar-refractivity contribution is 7.84. The van der Waals surface area contributed by atoms with Crippen molar-refractivity contribution in [2.24, 2.45) is 0 Å². The van der Waals surface area contributed by atoms with E-state index >= 15 is 0 Å². The molecule has 0 aromatic carbocycles. The molecule has 1 N–H and O–H groups in total. The van der Waals surface area contributed by atoms with Gasteiger partial charge in [-0.1, -0.05) is 26.7 Å². The van der Waals surface area contributed by atoms with E-state index < -0.39 is 10.8 Å². The van der Waals surface area contributed by atoms with Crippen molar-refractivity contribution in [1.82, 2.24) is 10.2 Å². The molecule has 1 aliphatic carbocycles. The molecule has 2 unspecified atom stereocenters. The Labute approximate surface area is 114 Å². The maximum Gasteiger partial charge on any atom is 0.0362 e. The molecule has 1 heterocycles. The van der Waals surface area contributed by atoms with Gasteiger partial charge in [-0.2, -0.15) is 0 Å². The van der Waals surface area contributed by atoms with Crippen molar-refractivity contribution < 1.29 is 4.21 Å². The number of rotatable bonds is 5. The molecular formula is C14H28N2OS. The van der Waals surface area contributed by atoms with Crippen molar-refractivity contribution in [3.8, 4) is 0 Å². The number of nitrogens with one attached hydrogen (secondary N) is 1. The molecule has 1 saturated carbocycles. The summed E-state index contributed by atoms with van der Waals surface area (Å²) in [5.41, 5.74) is 0.388. The Hall–Kier alpha value is 0.0700. The predicted octanol–water partition coefficient (Wildman–Crippen LogP) is 1.75. The quantitative estimate of drug-likeness (QED) is 0.827. The van der Waals surface area contributed by atoms with E-state index in [9.17, 15) is 4.21 Å². The zero-order chi connectivity index (χ0) is 13.0. The Morgan fingerprint density at radius 3 is 2.67 bits per heavy atom. The number of piperazine rings is 1. The third-order valence-corrected chi connectivity index (χ3v) is 5.98. The van der Waals surface area contributed by atoms with E-state index in [2.05, 4.69) is 17.1 Å². The van der Waals surface area contributed by atoms with Crippen LogP contribution >= 0.6 is 0 Å². The molecule has 0 aromatic heterocycles. The zero-order valence-electron chi connectivity index (χ0n) is 11.9. The fourth-order valence-corrected chi connectivity index (χ4v) is 4.18. The number of nitrogens with zero attached hydrogens (tertiary/aromatic N) is 1. The summed E-state index contributed by atoms with van der Waals surface area (Å²) in [6.45, 7) is 7.59. The molecule has 0 radical (unpaired) electrons. The second kappa shape index (κ2) is 6.49. The van der Waals surface area contributed by atoms with Crippen LogP contribution in [-0.2, 0) is 10.8 Å². The molecule has 18 heavy (non-hydrogen) atoms. The Morgan fingerprint density at radius 1 is 1.33 bits per heavy atom. The molecule has 3 nitrogen and oxygen atoms in total. The van der Waals surface area contributed by atoms with Crippen LogP contribution in [-0.4, -0.2) is 51.8 Å². The van der Waals surface area contributed by atoms with Gasteiger partial charge in [0.1, 0.15) is 0 Å². The first-order valence-electron chi connectivity index (χ1n) is 7.53. The van der Waals surface area contributed by atoms with Gasteiger partial charge in [-0.25, -0.2) is 0 Å². The normalized spacial score (nSPS) is 29.8. The van der Waals surface area contributed by atoms with E-state index in [1.807, 2.05) is 6.92 Å². The Balaban J connectivity index is 1.92. The van der Waals surface area contributed by atoms with E-state index in [0.717, 1.165) is 24.6 Å². The van der Waals surface area contributed by atoms with Gasteiger partial charge < -0.3 is 5.32 Å². The average molecular weight is 272 g/mol. The van der Waals surface area contributed by atoms with Crippen LogP contribution in [0.15, 0.2) is 0 Å². The van der Waals surface area contributed by atoms with Gasteiger partial charge in [0.15, 0.2) is 0 Å². The van der Waals surface area contributed by atoms with Crippen LogP contribution in [0.4, 0.5) is 0 Å². The number of hydrogen-bond acceptors (Lipinski definition) is 3. The van der Waals surface area contributed by atoms with Crippen LogP contribution in [0.25, 0.3) is 0 Å². The van der Waals surface area contributed by atoms with Crippen molar-refractivity contribution in [3.05, 3.63) is 0 Å². The van der Waals surface area contributed by atoms with Gasteiger partial charge in [-0.3, -0.25) is 9.11 Å². The van der Waals surface area contributed by atoms with Gasteiger partial charge in [-0.05, 0) is 19.3 Å². The van der Waals surface area contributed by atoms with Crippen LogP contribution in [0.3, 0.4) is 0 Å². The molecule has 2 aliphatic rings. The largest absolute Gasteiger partial charge is 0.308 e. The van der Waals surface area contributed by atoms with Crippen LogP contribution in [0.5, 0.6) is 0 Å². The van der Waals surface area contributed by atoms with Crippen LogP contribution in [0.1, 0.15) is 46.0 Å². The van der Waals surface area contributed by atoms with Crippen molar-refractivity contribution in [2.45, 2.75) is 57.5 Å². The van der Waals surface area contributed by atoms with Gasteiger partial charge in [-0.15, -0.1) is 0 Å². The molecule has 1 saturated heterocycles. The van der Waals surface area contributed by atoms with E-state index in [1.165, 1.54) is 38.6 Å². The molecule has 106 valence electrons. The monoisotopic (exact) mass is 272 g/mol. The van der Waals surface area contributed by atoms with Crippen LogP contribution in [0, 0.1) is 0 Å². The first-order chi connectivity index (χ1) is 8.69. The summed E-state index contributed by atoms with van der Waals surface area (Å²) < 4.78 is 11.6. The van der Waals surface area contributed by atoms with Gasteiger partial charge in [0.25, 0.3) is 0 Å². The molecule has 0 amide bonds. The minimum Gasteiger partial charge on any atom is -0.308 e. The summed E-state index contributed by atoms with van der Waals surface area (Å²) >= 11 is 0. The maximum atomic E-state index is 11.6. The SMILES string of the molecule is CCC1CNC2(CCCC2)CN1CCS(=O)CC. The average Bonchev–Trinajstić information content (AvgIpc) is 2.84. The third-order valence-electron chi connectivity index (χ3n) is 4.69. The molecule has 2 fully saturated rings. The maximum absolute atomic E-state index is 11.6. The highest BCUT2D eigenvalue weighted by Gasteiger charge is 2.40. The highest BCUT2D eigenvalue weighted by Crippen LogP contribution is 2.33. The lowest BCUT2D eigenvalue weighted by molar-refractivity contribution is 0.0843. The molecule has 4 heteroatoms. The second-order valence-electron chi connectivity index (χ2n) is 5.83. The first-order valence-corrected chi connectivity index (χ1v) is 9.02. The summed E-state index contributed by atoms with van der Waals surface area (Å²) in [5, 5.41) is 3.81. The van der Waals surface area contributed by atoms with E-state index in [-0.39, 0.29) is 0 Å². The Morgan fingerprint density at radius 2 is 2.06 bits per heavy atom. The molecule has 1 aliphatic heterocycles. The van der Waals surface area contributed by atoms with Crippen molar-refractivity contribution in [1.29, 1.82) is 0 Å². The standard InChI is InChI=1S/C14H28N2OS/c1-3-13-11-15-14(7-5-6-8-14)12-16(13)9-10-18(17)4-2/h13,15H,3-12H2,1-2H3. The summed E-state index contributed by atoms with van der Waals surface area (Å²) in [6, 6.07) is 0.644. The fourth-order valence-electron chi connectivity index (χ4n) is 3.45. The summed E-state index contributed by atoms with van der Waals surface area (Å²) in [7, 11) is -0.621. The minimum absolute atomic E-state index is 0.388. The van der Waals surface area contributed by atoms with E-state index in [1.54, 1.807) is 0 Å². The molecule has 2 atom stereocenters. The predicted molar refractivity (Wildman–Crippen MR) is 78.4 cm³/mol. The smallest absolute Gasteiger partial charge is 0.0362 e. The highest BCUT2D eigenvalue weighted by atomic mass is 32.2. The summed E-state index contributed by atoms with van der Waals surface area (Å²) in [4.78, 5) is 2.61. The van der Waals surface area contributed by atoms with Crippen molar-refractivity contribution in [2.75, 3.05) is 31.1 Å². The van der Waals surface area contributed by atoms with E-state index in [0.29, 0.717) is 11.6 Å². The Kier molecular flexibility index (Phi) is 5.22.